The summed E-state index contributed by atoms with van der Waals surface area (Å²) in [7, 11) is 0. The minimum absolute atomic E-state index is 0.0473. The average molecular weight is 406 g/mol. The Bertz CT molecular complexity index is 1080. The van der Waals surface area contributed by atoms with E-state index in [2.05, 4.69) is 10.6 Å². The number of rotatable bonds is 7. The van der Waals surface area contributed by atoms with Crippen LogP contribution in [0.25, 0.3) is 0 Å². The van der Waals surface area contributed by atoms with Crippen LogP contribution >= 0.6 is 0 Å². The molecule has 0 atom stereocenters. The third-order valence-electron chi connectivity index (χ3n) is 4.19. The topological polar surface area (TPSA) is 84.5 Å². The van der Waals surface area contributed by atoms with E-state index in [4.69, 9.17) is 4.74 Å². The predicted molar refractivity (Wildman–Crippen MR) is 111 cm³/mol. The Morgan fingerprint density at radius 1 is 0.867 bits per heavy atom. The fourth-order valence-electron chi connectivity index (χ4n) is 2.66. The number of ketones is 1. The number of carbonyl (C=O) groups is 3. The molecule has 3 rings (SSSR count). The number of carbonyl (C=O) groups excluding carboxylic acids is 3. The molecule has 7 heteroatoms. The first-order valence-corrected chi connectivity index (χ1v) is 9.12. The number of benzene rings is 3. The summed E-state index contributed by atoms with van der Waals surface area (Å²) >= 11 is 0. The second-order valence-corrected chi connectivity index (χ2v) is 6.40. The molecule has 3 aromatic rings. The van der Waals surface area contributed by atoms with Crippen molar-refractivity contribution >= 4 is 29.0 Å². The van der Waals surface area contributed by atoms with Gasteiger partial charge in [-0.15, -0.1) is 0 Å². The summed E-state index contributed by atoms with van der Waals surface area (Å²) < 4.78 is 19.1. The number of hydrogen-bond acceptors (Lipinski definition) is 4. The van der Waals surface area contributed by atoms with Gasteiger partial charge in [0.1, 0.15) is 11.6 Å². The molecule has 30 heavy (non-hydrogen) atoms. The highest BCUT2D eigenvalue weighted by Crippen LogP contribution is 2.20. The zero-order chi connectivity index (χ0) is 21.5. The number of halogens is 1. The van der Waals surface area contributed by atoms with Crippen LogP contribution in [-0.4, -0.2) is 24.2 Å². The second kappa shape index (κ2) is 9.47. The van der Waals surface area contributed by atoms with E-state index in [1.54, 1.807) is 54.6 Å². The third-order valence-corrected chi connectivity index (χ3v) is 4.19. The molecule has 2 N–H and O–H groups in total. The molecule has 0 spiro atoms. The van der Waals surface area contributed by atoms with Crippen molar-refractivity contribution in [1.29, 1.82) is 0 Å². The molecular weight excluding hydrogens is 387 g/mol. The number of Topliss-reactive ketones (excluding diaryl/α,β-unsaturated/α-hetero) is 1. The first-order valence-electron chi connectivity index (χ1n) is 9.12. The Hall–Kier alpha value is -4.00. The lowest BCUT2D eigenvalue weighted by atomic mass is 10.1. The molecule has 0 saturated carbocycles. The number of nitrogens with one attached hydrogen (secondary N) is 2. The van der Waals surface area contributed by atoms with Crippen molar-refractivity contribution < 1.29 is 23.5 Å². The molecule has 2 amide bonds. The van der Waals surface area contributed by atoms with E-state index in [9.17, 15) is 18.8 Å². The van der Waals surface area contributed by atoms with E-state index in [0.29, 0.717) is 11.3 Å². The predicted octanol–water partition coefficient (Wildman–Crippen LogP) is 4.30. The van der Waals surface area contributed by atoms with Gasteiger partial charge in [-0.2, -0.15) is 0 Å². The number of ether oxygens (including phenoxy) is 1. The van der Waals surface area contributed by atoms with Gasteiger partial charge in [-0.3, -0.25) is 14.4 Å². The van der Waals surface area contributed by atoms with E-state index in [1.807, 2.05) is 0 Å². The Morgan fingerprint density at radius 2 is 1.53 bits per heavy atom. The lowest BCUT2D eigenvalue weighted by molar-refractivity contribution is -0.118. The fraction of sp³-hybridized carbons (Fsp3) is 0.0870. The van der Waals surface area contributed by atoms with Crippen molar-refractivity contribution in [3.8, 4) is 5.75 Å². The molecular formula is C23H19FN2O4. The van der Waals surface area contributed by atoms with Gasteiger partial charge in [0.2, 0.25) is 0 Å². The smallest absolute Gasteiger partial charge is 0.262 e. The fourth-order valence-corrected chi connectivity index (χ4v) is 2.66. The number of amides is 2. The maximum atomic E-state index is 13.6. The SMILES string of the molecule is CC(=O)c1ccc(NC(=O)c2ccccc2OCC(=O)Nc2ccccc2F)cc1. The van der Waals surface area contributed by atoms with Crippen LogP contribution in [0.5, 0.6) is 5.75 Å². The van der Waals surface area contributed by atoms with Crippen LogP contribution < -0.4 is 15.4 Å². The Balaban J connectivity index is 1.65. The first kappa shape index (κ1) is 20.7. The van der Waals surface area contributed by atoms with Crippen molar-refractivity contribution in [2.24, 2.45) is 0 Å². The summed E-state index contributed by atoms with van der Waals surface area (Å²) in [6, 6.07) is 18.7. The molecule has 0 fully saturated rings. The first-order chi connectivity index (χ1) is 14.4. The molecule has 0 radical (unpaired) electrons. The van der Waals surface area contributed by atoms with Gasteiger partial charge in [0.25, 0.3) is 11.8 Å². The monoisotopic (exact) mass is 406 g/mol. The molecule has 3 aromatic carbocycles. The van der Waals surface area contributed by atoms with Crippen molar-refractivity contribution in [2.75, 3.05) is 17.2 Å². The highest BCUT2D eigenvalue weighted by Gasteiger charge is 2.14. The maximum absolute atomic E-state index is 13.6. The van der Waals surface area contributed by atoms with Gasteiger partial charge in [-0.1, -0.05) is 24.3 Å². The molecule has 0 bridgehead atoms. The Kier molecular flexibility index (Phi) is 6.54. The summed E-state index contributed by atoms with van der Waals surface area (Å²) in [6.07, 6.45) is 0. The molecule has 0 heterocycles. The highest BCUT2D eigenvalue weighted by atomic mass is 19.1. The van der Waals surface area contributed by atoms with Gasteiger partial charge in [0.05, 0.1) is 11.3 Å². The molecule has 0 aromatic heterocycles. The third kappa shape index (κ3) is 5.29. The van der Waals surface area contributed by atoms with Crippen molar-refractivity contribution in [3.05, 3.63) is 89.7 Å². The minimum atomic E-state index is -0.560. The van der Waals surface area contributed by atoms with E-state index < -0.39 is 24.2 Å². The zero-order valence-corrected chi connectivity index (χ0v) is 16.1. The summed E-state index contributed by atoms with van der Waals surface area (Å²) in [5.74, 6) is -1.41. The van der Waals surface area contributed by atoms with Crippen molar-refractivity contribution in [3.63, 3.8) is 0 Å². The standard InChI is InChI=1S/C23H19FN2O4/c1-15(27)16-10-12-17(13-11-16)25-23(29)18-6-2-5-9-21(18)30-14-22(28)26-20-8-4-3-7-19(20)24/h2-13H,14H2,1H3,(H,25,29)(H,26,28). The van der Waals surface area contributed by atoms with Gasteiger partial charge < -0.3 is 15.4 Å². The minimum Gasteiger partial charge on any atom is -0.483 e. The lowest BCUT2D eigenvalue weighted by Gasteiger charge is -2.12. The number of para-hydroxylation sites is 2. The lowest BCUT2D eigenvalue weighted by Crippen LogP contribution is -2.22. The summed E-state index contributed by atoms with van der Waals surface area (Å²) in [5.41, 5.74) is 1.33. The van der Waals surface area contributed by atoms with Crippen molar-refractivity contribution in [2.45, 2.75) is 6.92 Å². The largest absolute Gasteiger partial charge is 0.483 e. The molecule has 6 nitrogen and oxygen atoms in total. The van der Waals surface area contributed by atoms with E-state index in [0.717, 1.165) is 0 Å². The highest BCUT2D eigenvalue weighted by molar-refractivity contribution is 6.06. The summed E-state index contributed by atoms with van der Waals surface area (Å²) in [6.45, 7) is 1.06. The molecule has 0 aliphatic carbocycles. The molecule has 0 aliphatic heterocycles. The van der Waals surface area contributed by atoms with Gasteiger partial charge in [-0.25, -0.2) is 4.39 Å². The van der Waals surface area contributed by atoms with E-state index in [1.165, 1.54) is 25.1 Å². The van der Waals surface area contributed by atoms with Crippen molar-refractivity contribution in [1.82, 2.24) is 0 Å². The Morgan fingerprint density at radius 3 is 2.23 bits per heavy atom. The quantitative estimate of drug-likeness (QED) is 0.573. The van der Waals surface area contributed by atoms with Crippen LogP contribution in [-0.2, 0) is 4.79 Å². The maximum Gasteiger partial charge on any atom is 0.262 e. The van der Waals surface area contributed by atoms with Crippen LogP contribution in [0.4, 0.5) is 15.8 Å². The van der Waals surface area contributed by atoms with Gasteiger partial charge in [0.15, 0.2) is 12.4 Å². The van der Waals surface area contributed by atoms with Crippen LogP contribution in [0.1, 0.15) is 27.6 Å². The molecule has 152 valence electrons. The van der Waals surface area contributed by atoms with Gasteiger partial charge in [0, 0.05) is 11.3 Å². The number of hydrogen-bond donors (Lipinski definition) is 2. The molecule has 0 aliphatic rings. The van der Waals surface area contributed by atoms with Gasteiger partial charge in [-0.05, 0) is 55.5 Å². The summed E-state index contributed by atoms with van der Waals surface area (Å²) in [5, 5.41) is 5.14. The van der Waals surface area contributed by atoms with Gasteiger partial charge >= 0.3 is 0 Å². The van der Waals surface area contributed by atoms with Crippen LogP contribution in [0.2, 0.25) is 0 Å². The average Bonchev–Trinajstić information content (AvgIpc) is 2.74. The number of anilines is 2. The van der Waals surface area contributed by atoms with Crippen LogP contribution in [0.3, 0.4) is 0 Å². The van der Waals surface area contributed by atoms with Crippen LogP contribution in [0.15, 0.2) is 72.8 Å². The molecule has 0 unspecified atom stereocenters. The zero-order valence-electron chi connectivity index (χ0n) is 16.1. The second-order valence-electron chi connectivity index (χ2n) is 6.40. The molecule has 0 saturated heterocycles. The van der Waals surface area contributed by atoms with Crippen LogP contribution in [0, 0.1) is 5.82 Å². The normalized spacial score (nSPS) is 10.2. The summed E-state index contributed by atoms with van der Waals surface area (Å²) in [4.78, 5) is 36.0. The van der Waals surface area contributed by atoms with E-state index >= 15 is 0 Å². The Labute approximate surface area is 172 Å². The van der Waals surface area contributed by atoms with E-state index in [-0.39, 0.29) is 22.8 Å².